The number of ether oxygens (including phenoxy) is 2. The number of fused-ring (bicyclic) bond motifs is 1. The Morgan fingerprint density at radius 3 is 2.47 bits per heavy atom. The van der Waals surface area contributed by atoms with E-state index in [0.29, 0.717) is 25.2 Å². The Morgan fingerprint density at radius 2 is 1.79 bits per heavy atom. The van der Waals surface area contributed by atoms with E-state index in [1.807, 2.05) is 52.0 Å². The summed E-state index contributed by atoms with van der Waals surface area (Å²) >= 11 is 0. The summed E-state index contributed by atoms with van der Waals surface area (Å²) in [4.78, 5) is 34.8. The fourth-order valence-corrected chi connectivity index (χ4v) is 5.51. The third-order valence-electron chi connectivity index (χ3n) is 8.66. The Hall–Kier alpha value is -3.55. The van der Waals surface area contributed by atoms with Gasteiger partial charge in [0.2, 0.25) is 5.91 Å². The highest BCUT2D eigenvalue weighted by Crippen LogP contribution is 2.37. The smallest absolute Gasteiger partial charge is 0.453 e. The maximum absolute atomic E-state index is 13.5. The Kier molecular flexibility index (Phi) is 8.52. The Bertz CT molecular complexity index is 1480. The molecule has 1 aromatic heterocycles. The van der Waals surface area contributed by atoms with Crippen molar-refractivity contribution in [1.82, 2.24) is 20.2 Å². The highest BCUT2D eigenvalue weighted by atomic mass is 19.3. The van der Waals surface area contributed by atoms with Crippen molar-refractivity contribution in [3.05, 3.63) is 48.4 Å². The number of imidazole rings is 1. The average molecular weight is 598 g/mol. The van der Waals surface area contributed by atoms with Crippen LogP contribution < -0.4 is 10.8 Å². The van der Waals surface area contributed by atoms with Gasteiger partial charge in [-0.15, -0.1) is 0 Å². The minimum atomic E-state index is -3.11. The number of H-pyrrole nitrogens is 1. The number of amides is 2. The van der Waals surface area contributed by atoms with Gasteiger partial charge in [-0.1, -0.05) is 30.3 Å². The van der Waals surface area contributed by atoms with Gasteiger partial charge in [-0.2, -0.15) is 8.78 Å². The van der Waals surface area contributed by atoms with Crippen LogP contribution in [0.25, 0.3) is 22.0 Å². The molecule has 3 atom stereocenters. The van der Waals surface area contributed by atoms with Crippen LogP contribution in [0.5, 0.6) is 0 Å². The van der Waals surface area contributed by atoms with Gasteiger partial charge < -0.3 is 34.0 Å². The van der Waals surface area contributed by atoms with Crippen LogP contribution in [0.2, 0.25) is 0 Å². The van der Waals surface area contributed by atoms with E-state index in [2.05, 4.69) is 36.9 Å². The first-order valence-corrected chi connectivity index (χ1v) is 14.3. The lowest BCUT2D eigenvalue weighted by atomic mass is 9.78. The quantitative estimate of drug-likeness (QED) is 0.366. The predicted octanol–water partition coefficient (Wildman–Crippen LogP) is 4.54. The fourth-order valence-electron chi connectivity index (χ4n) is 5.51. The largest absolute Gasteiger partial charge is 0.494 e. The topological polar surface area (TPSA) is 115 Å². The van der Waals surface area contributed by atoms with Crippen LogP contribution in [0.15, 0.2) is 42.6 Å². The van der Waals surface area contributed by atoms with E-state index in [9.17, 15) is 18.4 Å². The molecule has 2 aliphatic heterocycles. The number of alkyl halides is 2. The molecule has 2 aliphatic rings. The molecule has 0 aliphatic carbocycles. The molecule has 10 nitrogen and oxygen atoms in total. The molecule has 0 spiro atoms. The van der Waals surface area contributed by atoms with Crippen molar-refractivity contribution in [3.8, 4) is 11.3 Å². The lowest BCUT2D eigenvalue weighted by Crippen LogP contribution is -2.54. The number of likely N-dealkylation sites (tertiary alicyclic amines) is 1. The number of rotatable bonds is 8. The monoisotopic (exact) mass is 598 g/mol. The lowest BCUT2D eigenvalue weighted by molar-refractivity contribution is -0.171. The molecule has 230 valence electrons. The van der Waals surface area contributed by atoms with Crippen LogP contribution in [-0.2, 0) is 23.6 Å². The van der Waals surface area contributed by atoms with Crippen LogP contribution >= 0.6 is 0 Å². The van der Waals surface area contributed by atoms with E-state index in [1.165, 1.54) is 11.8 Å². The molecule has 2 saturated heterocycles. The number of nitrogens with one attached hydrogen (secondary N) is 2. The second-order valence-corrected chi connectivity index (χ2v) is 12.0. The van der Waals surface area contributed by atoms with Crippen LogP contribution in [0.3, 0.4) is 0 Å². The molecule has 2 amide bonds. The van der Waals surface area contributed by atoms with Gasteiger partial charge in [-0.05, 0) is 69.8 Å². The summed E-state index contributed by atoms with van der Waals surface area (Å²) < 4.78 is 47.4. The number of hydrogen-bond acceptors (Lipinski definition) is 7. The van der Waals surface area contributed by atoms with Crippen molar-refractivity contribution in [2.24, 2.45) is 0 Å². The minimum Gasteiger partial charge on any atom is -0.453 e. The molecule has 0 saturated carbocycles. The predicted molar refractivity (Wildman–Crippen MR) is 157 cm³/mol. The summed E-state index contributed by atoms with van der Waals surface area (Å²) in [6, 6.07) is 10.4. The Balaban J connectivity index is 1.34. The molecule has 2 N–H and O–H groups in total. The summed E-state index contributed by atoms with van der Waals surface area (Å²) in [5.41, 5.74) is 1.78. The highest BCUT2D eigenvalue weighted by Gasteiger charge is 2.51. The molecular formula is C30H37BF2N4O6. The molecule has 2 aromatic carbocycles. The normalized spacial score (nSPS) is 20.9. The fraction of sp³-hybridized carbons (Fsp3) is 0.500. The van der Waals surface area contributed by atoms with Crippen LogP contribution in [0.4, 0.5) is 13.6 Å². The van der Waals surface area contributed by atoms with Gasteiger partial charge in [0.1, 0.15) is 11.9 Å². The number of hydrogen-bond donors (Lipinski definition) is 2. The van der Waals surface area contributed by atoms with Crippen molar-refractivity contribution in [2.75, 3.05) is 13.7 Å². The summed E-state index contributed by atoms with van der Waals surface area (Å²) in [5.74, 6) is 0.0128. The number of aromatic amines is 1. The first kappa shape index (κ1) is 30.9. The summed E-state index contributed by atoms with van der Waals surface area (Å²) in [7, 11) is 0.679. The van der Waals surface area contributed by atoms with Crippen molar-refractivity contribution >= 4 is 35.4 Å². The molecule has 0 bridgehead atoms. The molecule has 43 heavy (non-hydrogen) atoms. The SMILES string of the molecule is COC(=O)N[C@H](C(=O)N1CCC[C@H]1c1ncc(-c2ccc3cc(B4OC(C)(C)C(C)(C)O4)ccc3c2)[nH]1)[C@@H](C)OC(F)F. The molecule has 5 rings (SSSR count). The standard InChI is InChI=1S/C30H37BF2N4O6/c1-17(41-27(32)33)24(36-28(39)40-6)26(38)37-13-7-8-23(37)25-34-16-22(35-25)20-10-9-19-15-21(12-11-18(19)14-20)31-42-29(2,3)30(4,5)43-31/h9-12,14-17,23-24,27H,7-8,13H2,1-6H3,(H,34,35)(H,36,39)/t17-,23+,24+/m1/s1. The first-order valence-electron chi connectivity index (χ1n) is 14.3. The van der Waals surface area contributed by atoms with Crippen LogP contribution in [0.1, 0.15) is 59.3 Å². The van der Waals surface area contributed by atoms with Crippen LogP contribution in [-0.4, -0.2) is 77.6 Å². The third kappa shape index (κ3) is 6.25. The average Bonchev–Trinajstić information content (AvgIpc) is 3.68. The number of methoxy groups -OCH3 is 1. The molecule has 2 fully saturated rings. The molecule has 3 aromatic rings. The summed E-state index contributed by atoms with van der Waals surface area (Å²) in [5, 5.41) is 4.40. The summed E-state index contributed by atoms with van der Waals surface area (Å²) in [6.45, 7) is 6.68. The summed E-state index contributed by atoms with van der Waals surface area (Å²) in [6.07, 6.45) is 0.805. The van der Waals surface area contributed by atoms with Crippen molar-refractivity contribution in [2.45, 2.75) is 83.5 Å². The number of carbonyl (C=O) groups excluding carboxylic acids is 2. The zero-order chi connectivity index (χ0) is 31.1. The number of alkyl carbamates (subject to hydrolysis) is 1. The van der Waals surface area contributed by atoms with Crippen molar-refractivity contribution < 1.29 is 37.2 Å². The second kappa shape index (κ2) is 11.9. The van der Waals surface area contributed by atoms with Gasteiger partial charge in [0.15, 0.2) is 0 Å². The number of aromatic nitrogens is 2. The van der Waals surface area contributed by atoms with E-state index >= 15 is 0 Å². The second-order valence-electron chi connectivity index (χ2n) is 12.0. The first-order chi connectivity index (χ1) is 20.3. The van der Waals surface area contributed by atoms with E-state index in [1.54, 1.807) is 6.20 Å². The van der Waals surface area contributed by atoms with Gasteiger partial charge in [0, 0.05) is 12.1 Å². The maximum atomic E-state index is 13.5. The van der Waals surface area contributed by atoms with E-state index in [-0.39, 0.29) is 0 Å². The van der Waals surface area contributed by atoms with Crippen molar-refractivity contribution in [1.29, 1.82) is 0 Å². The zero-order valence-electron chi connectivity index (χ0n) is 25.1. The van der Waals surface area contributed by atoms with E-state index < -0.39 is 55.1 Å². The minimum absolute atomic E-state index is 0.376. The Labute approximate surface area is 249 Å². The molecule has 3 heterocycles. The molecule has 0 unspecified atom stereocenters. The van der Waals surface area contributed by atoms with Gasteiger partial charge in [0.25, 0.3) is 0 Å². The molecular weight excluding hydrogens is 561 g/mol. The van der Waals surface area contributed by atoms with Gasteiger partial charge in [-0.3, -0.25) is 4.79 Å². The molecule has 0 radical (unpaired) electrons. The molecule has 13 heteroatoms. The Morgan fingerprint density at radius 1 is 1.12 bits per heavy atom. The zero-order valence-corrected chi connectivity index (χ0v) is 25.1. The van der Waals surface area contributed by atoms with Gasteiger partial charge >= 0.3 is 19.8 Å². The number of carbonyl (C=O) groups is 2. The lowest BCUT2D eigenvalue weighted by Gasteiger charge is -2.32. The van der Waals surface area contributed by atoms with Gasteiger partial charge in [-0.25, -0.2) is 9.78 Å². The number of benzene rings is 2. The number of halogens is 2. The van der Waals surface area contributed by atoms with E-state index in [0.717, 1.165) is 34.6 Å². The van der Waals surface area contributed by atoms with Crippen LogP contribution in [0, 0.1) is 0 Å². The van der Waals surface area contributed by atoms with Crippen molar-refractivity contribution in [3.63, 3.8) is 0 Å². The third-order valence-corrected chi connectivity index (χ3v) is 8.66. The highest BCUT2D eigenvalue weighted by molar-refractivity contribution is 6.62. The maximum Gasteiger partial charge on any atom is 0.494 e. The number of nitrogens with zero attached hydrogens (tertiary/aromatic N) is 2. The van der Waals surface area contributed by atoms with E-state index in [4.69, 9.17) is 9.31 Å². The van der Waals surface area contributed by atoms with Gasteiger partial charge in [0.05, 0.1) is 42.3 Å².